The van der Waals surface area contributed by atoms with Gasteiger partial charge in [-0.2, -0.15) is 8.42 Å². The minimum Gasteiger partial charge on any atom is -0.742 e. The molecule has 0 unspecified atom stereocenters. The van der Waals surface area contributed by atoms with Crippen LogP contribution in [0.15, 0.2) is 84.8 Å². The number of sulfonamides is 1. The van der Waals surface area contributed by atoms with E-state index in [1.165, 1.54) is 22.8 Å². The van der Waals surface area contributed by atoms with Crippen molar-refractivity contribution >= 4 is 68.0 Å². The smallest absolute Gasteiger partial charge is 0.742 e. The number of aryl methyl sites for hydroxylation is 1. The summed E-state index contributed by atoms with van der Waals surface area (Å²) in [6.45, 7) is 1.69. The summed E-state index contributed by atoms with van der Waals surface area (Å²) < 4.78 is 30.3. The van der Waals surface area contributed by atoms with Crippen molar-refractivity contribution in [3.8, 4) is 5.69 Å². The number of para-hydroxylation sites is 2. The monoisotopic (exact) mass is 580 g/mol. The number of carbonyl (C=O) groups excluding carboxylic acids is 1. The molecule has 0 saturated carbocycles. The van der Waals surface area contributed by atoms with Gasteiger partial charge in [0.1, 0.15) is 4.90 Å². The number of carbonyl (C=O) groups is 1. The first-order valence-electron chi connectivity index (χ1n) is 10.1. The van der Waals surface area contributed by atoms with Crippen LogP contribution in [0.5, 0.6) is 0 Å². The fraction of sp³-hybridized carbons (Fsp3) is 0.0435. The molecule has 1 N–H and O–H groups in total. The van der Waals surface area contributed by atoms with E-state index in [0.29, 0.717) is 26.4 Å². The Morgan fingerprint density at radius 1 is 1.11 bits per heavy atom. The van der Waals surface area contributed by atoms with Crippen molar-refractivity contribution in [1.29, 1.82) is 0 Å². The largest absolute Gasteiger partial charge is 1.00 e. The number of rotatable bonds is 2. The van der Waals surface area contributed by atoms with Gasteiger partial charge in [-0.15, -0.1) is 4.40 Å². The summed E-state index contributed by atoms with van der Waals surface area (Å²) in [6.07, 6.45) is 0. The van der Waals surface area contributed by atoms with Gasteiger partial charge in [0.25, 0.3) is 21.5 Å². The van der Waals surface area contributed by atoms with Crippen molar-refractivity contribution in [1.82, 2.24) is 14.9 Å². The van der Waals surface area contributed by atoms with Gasteiger partial charge >= 0.3 is 51.4 Å². The van der Waals surface area contributed by atoms with Gasteiger partial charge in [-0.05, 0) is 65.8 Å². The van der Waals surface area contributed by atoms with Crippen molar-refractivity contribution in [3.05, 3.63) is 87.2 Å². The fourth-order valence-electron chi connectivity index (χ4n) is 3.60. The molecule has 0 saturated heterocycles. The summed E-state index contributed by atoms with van der Waals surface area (Å²) >= 11 is 12.5. The molecular weight excluding hydrogens is 567 g/mol. The summed E-state index contributed by atoms with van der Waals surface area (Å²) in [5.74, 6) is -0.668. The minimum atomic E-state index is -4.05. The number of halogens is 1. The Balaban J connectivity index is 0.00000304. The molecule has 4 aromatic rings. The van der Waals surface area contributed by atoms with Crippen molar-refractivity contribution in [2.45, 2.75) is 21.9 Å². The summed E-state index contributed by atoms with van der Waals surface area (Å²) in [6, 6.07) is 16.1. The fourth-order valence-corrected chi connectivity index (χ4v) is 6.68. The zero-order chi connectivity index (χ0) is 24.9. The van der Waals surface area contributed by atoms with Crippen LogP contribution in [-0.2, 0) is 22.7 Å². The molecule has 2 heterocycles. The molecule has 176 valence electrons. The molecule has 5 rings (SSSR count). The second kappa shape index (κ2) is 10.6. The summed E-state index contributed by atoms with van der Waals surface area (Å²) in [7, 11) is -4.05. The van der Waals surface area contributed by atoms with Gasteiger partial charge in [-0.25, -0.2) is 0 Å². The normalized spacial score (nSPS) is 13.9. The number of amidine groups is 1. The molecular formula is C23H14ClKN4O4S3. The van der Waals surface area contributed by atoms with Gasteiger partial charge in [-0.1, -0.05) is 35.9 Å². The molecule has 0 atom stereocenters. The number of hydrogen-bond acceptors (Lipinski definition) is 7. The summed E-state index contributed by atoms with van der Waals surface area (Å²) in [5, 5.41) is 3.12. The van der Waals surface area contributed by atoms with Crippen molar-refractivity contribution in [2.24, 2.45) is 4.40 Å². The van der Waals surface area contributed by atoms with Crippen molar-refractivity contribution < 1.29 is 64.6 Å². The molecule has 8 nitrogen and oxygen atoms in total. The number of aromatic nitrogens is 2. The molecule has 36 heavy (non-hydrogen) atoms. The van der Waals surface area contributed by atoms with E-state index in [-0.39, 0.29) is 77.9 Å². The average molecular weight is 581 g/mol. The Labute approximate surface area is 263 Å². The van der Waals surface area contributed by atoms with Crippen LogP contribution in [0, 0.1) is 6.92 Å². The van der Waals surface area contributed by atoms with Crippen LogP contribution in [0.2, 0.25) is 5.02 Å². The van der Waals surface area contributed by atoms with Crippen LogP contribution >= 0.6 is 23.4 Å². The topological polar surface area (TPSA) is 110 Å². The summed E-state index contributed by atoms with van der Waals surface area (Å²) in [4.78, 5) is 31.1. The number of nitrogens with one attached hydrogen (secondary N) is 1. The third kappa shape index (κ3) is 5.06. The number of hydrogen-bond donors (Lipinski definition) is 1. The Kier molecular flexibility index (Phi) is 8.10. The molecule has 0 aliphatic carbocycles. The Morgan fingerprint density at radius 2 is 1.81 bits per heavy atom. The molecule has 0 bridgehead atoms. The molecule has 0 radical (unpaired) electrons. The van der Waals surface area contributed by atoms with Crippen LogP contribution in [0.4, 0.5) is 0 Å². The molecule has 3 aromatic carbocycles. The first kappa shape index (κ1) is 27.4. The van der Waals surface area contributed by atoms with Crippen LogP contribution in [0.3, 0.4) is 0 Å². The van der Waals surface area contributed by atoms with E-state index in [9.17, 15) is 18.0 Å². The quantitative estimate of drug-likeness (QED) is 0.212. The second-order valence-electron chi connectivity index (χ2n) is 7.55. The standard InChI is InChI=1S/C23H15ClN4O4S3.K/c1-12-10-19-18(11-15(12)24)34-22(27-35(19,31)32)26-20(29)14-7-3-5-9-17(14)28-21(30)13-6-2-4-8-16(13)25-23(28)33;/h2-11H,1H3,(H,25,33)(H,26,27,29);/q;+1/p-1. The van der Waals surface area contributed by atoms with Gasteiger partial charge in [0, 0.05) is 9.92 Å². The third-order valence-electron chi connectivity index (χ3n) is 5.27. The molecule has 0 spiro atoms. The van der Waals surface area contributed by atoms with E-state index in [2.05, 4.69) is 14.7 Å². The first-order chi connectivity index (χ1) is 16.7. The molecule has 1 aliphatic heterocycles. The van der Waals surface area contributed by atoms with Gasteiger partial charge in [0.05, 0.1) is 22.2 Å². The zero-order valence-corrected chi connectivity index (χ0v) is 25.2. The molecule has 0 fully saturated rings. The number of fused-ring (bicyclic) bond motifs is 2. The van der Waals surface area contributed by atoms with Gasteiger partial charge in [-0.3, -0.25) is 19.1 Å². The average Bonchev–Trinajstić information content (AvgIpc) is 2.80. The van der Waals surface area contributed by atoms with E-state index < -0.39 is 21.5 Å². The van der Waals surface area contributed by atoms with E-state index in [0.717, 1.165) is 11.8 Å². The van der Waals surface area contributed by atoms with Gasteiger partial charge < -0.3 is 17.9 Å². The van der Waals surface area contributed by atoms with Crippen molar-refractivity contribution in [2.75, 3.05) is 0 Å². The number of benzene rings is 3. The maximum absolute atomic E-state index is 13.2. The molecule has 1 aliphatic rings. The van der Waals surface area contributed by atoms with Crippen LogP contribution in [0.1, 0.15) is 15.9 Å². The zero-order valence-electron chi connectivity index (χ0n) is 18.9. The van der Waals surface area contributed by atoms with Crippen molar-refractivity contribution in [3.63, 3.8) is 0 Å². The minimum absolute atomic E-state index is 0. The first-order valence-corrected chi connectivity index (χ1v) is 13.1. The van der Waals surface area contributed by atoms with E-state index in [4.69, 9.17) is 24.2 Å². The molecule has 1 aromatic heterocycles. The Morgan fingerprint density at radius 3 is 2.58 bits per heavy atom. The predicted octanol–water partition coefficient (Wildman–Crippen LogP) is 0.838. The maximum Gasteiger partial charge on any atom is 1.00 e. The van der Waals surface area contributed by atoms with E-state index in [1.54, 1.807) is 49.4 Å². The Hall–Kier alpha value is -1.61. The number of nitrogens with zero attached hydrogens (tertiary/aromatic N) is 3. The second-order valence-corrected chi connectivity index (χ2v) is 10.9. The molecule has 13 heteroatoms. The predicted molar refractivity (Wildman–Crippen MR) is 137 cm³/mol. The van der Waals surface area contributed by atoms with Crippen LogP contribution in [-0.4, -0.2) is 29.0 Å². The number of amides is 1. The SMILES string of the molecule is Cc1cc2c(cc1Cl)SC(NC(=O)c1ccccc1-n1c([S-])nc3ccccc3c1=O)=NS2(=O)=O.[K+]. The van der Waals surface area contributed by atoms with Crippen LogP contribution in [0.25, 0.3) is 16.6 Å². The summed E-state index contributed by atoms with van der Waals surface area (Å²) in [5.41, 5.74) is 0.923. The number of thioether (sulfide) groups is 1. The van der Waals surface area contributed by atoms with Gasteiger partial charge in [0.2, 0.25) is 0 Å². The van der Waals surface area contributed by atoms with E-state index >= 15 is 0 Å². The molecule has 1 amide bonds. The van der Waals surface area contributed by atoms with Gasteiger partial charge in [0.15, 0.2) is 5.17 Å². The Bertz CT molecular complexity index is 1760. The van der Waals surface area contributed by atoms with E-state index in [1.807, 2.05) is 0 Å². The third-order valence-corrected chi connectivity index (χ3v) is 8.45. The maximum atomic E-state index is 13.2. The van der Waals surface area contributed by atoms with Crippen LogP contribution < -0.4 is 62.3 Å².